The molecule has 3 aromatic carbocycles. The van der Waals surface area contributed by atoms with Crippen molar-refractivity contribution in [3.05, 3.63) is 95.6 Å². The van der Waals surface area contributed by atoms with Gasteiger partial charge in [0.15, 0.2) is 6.29 Å². The van der Waals surface area contributed by atoms with Gasteiger partial charge in [0.1, 0.15) is 11.5 Å². The second kappa shape index (κ2) is 11.4. The zero-order valence-electron chi connectivity index (χ0n) is 19.6. The molecule has 3 aromatic rings. The number of hydrogen-bond acceptors (Lipinski definition) is 3. The van der Waals surface area contributed by atoms with Crippen molar-refractivity contribution in [1.29, 1.82) is 0 Å². The number of rotatable bonds is 9. The highest BCUT2D eigenvalue weighted by molar-refractivity contribution is 6.17. The molecule has 0 aliphatic heterocycles. The molecular formula is C29H33ClO3. The fourth-order valence-electron chi connectivity index (χ4n) is 3.86. The molecule has 2 N–H and O–H groups in total. The van der Waals surface area contributed by atoms with E-state index in [-0.39, 0.29) is 11.2 Å². The van der Waals surface area contributed by atoms with Gasteiger partial charge in [-0.2, -0.15) is 0 Å². The monoisotopic (exact) mass is 464 g/mol. The Kier molecular flexibility index (Phi) is 8.60. The summed E-state index contributed by atoms with van der Waals surface area (Å²) in [6, 6.07) is 25.4. The molecular weight excluding hydrogens is 432 g/mol. The Hall–Kier alpha value is -2.75. The molecule has 33 heavy (non-hydrogen) atoms. The van der Waals surface area contributed by atoms with Crippen LogP contribution in [0, 0.1) is 5.41 Å². The van der Waals surface area contributed by atoms with E-state index in [4.69, 9.17) is 16.3 Å². The lowest BCUT2D eigenvalue weighted by atomic mass is 9.87. The third-order valence-electron chi connectivity index (χ3n) is 5.34. The van der Waals surface area contributed by atoms with Gasteiger partial charge in [-0.25, -0.2) is 0 Å². The molecule has 0 bridgehead atoms. The molecule has 3 nitrogen and oxygen atoms in total. The third-order valence-corrected chi connectivity index (χ3v) is 5.61. The number of phenolic OH excluding ortho intramolecular Hbond substituents is 1. The van der Waals surface area contributed by atoms with Crippen LogP contribution in [-0.4, -0.2) is 22.4 Å². The molecule has 0 spiro atoms. The number of ether oxygens (including phenoxy) is 1. The van der Waals surface area contributed by atoms with Crippen LogP contribution in [0.5, 0.6) is 11.5 Å². The zero-order chi connectivity index (χ0) is 23.8. The van der Waals surface area contributed by atoms with Gasteiger partial charge in [0.25, 0.3) is 0 Å². The quantitative estimate of drug-likeness (QED) is 0.196. The van der Waals surface area contributed by atoms with Crippen molar-refractivity contribution in [2.75, 3.05) is 5.88 Å². The van der Waals surface area contributed by atoms with Crippen molar-refractivity contribution < 1.29 is 14.9 Å². The number of aromatic hydroxyl groups is 1. The van der Waals surface area contributed by atoms with Gasteiger partial charge in [0, 0.05) is 12.3 Å². The Labute approximate surface area is 202 Å². The number of aliphatic hydroxyl groups is 1. The first-order valence-corrected chi connectivity index (χ1v) is 11.9. The maximum absolute atomic E-state index is 10.3. The van der Waals surface area contributed by atoms with Crippen LogP contribution in [0.1, 0.15) is 56.7 Å². The fourth-order valence-corrected chi connectivity index (χ4v) is 4.00. The second-order valence-corrected chi connectivity index (χ2v) is 9.80. The van der Waals surface area contributed by atoms with Crippen LogP contribution in [0.4, 0.5) is 0 Å². The van der Waals surface area contributed by atoms with Crippen molar-refractivity contribution >= 4 is 22.7 Å². The minimum Gasteiger partial charge on any atom is -0.508 e. The Morgan fingerprint density at radius 3 is 1.97 bits per heavy atom. The van der Waals surface area contributed by atoms with Gasteiger partial charge in [0.05, 0.1) is 0 Å². The molecule has 0 aromatic heterocycles. The molecule has 1 atom stereocenters. The van der Waals surface area contributed by atoms with Gasteiger partial charge >= 0.3 is 0 Å². The van der Waals surface area contributed by atoms with Gasteiger partial charge in [-0.05, 0) is 70.4 Å². The van der Waals surface area contributed by atoms with E-state index in [0.717, 1.165) is 35.1 Å². The van der Waals surface area contributed by atoms with Gasteiger partial charge in [0.2, 0.25) is 0 Å². The average molecular weight is 465 g/mol. The topological polar surface area (TPSA) is 49.7 Å². The SMILES string of the molecule is CC(C)(C)C[C@H](O)Oc1ccc(C(=C(CCCCl)c2ccccc2)c2ccc(O)cc2)cc1. The van der Waals surface area contributed by atoms with Gasteiger partial charge in [-0.3, -0.25) is 0 Å². The van der Waals surface area contributed by atoms with E-state index in [1.165, 1.54) is 5.57 Å². The lowest BCUT2D eigenvalue weighted by Crippen LogP contribution is -2.22. The van der Waals surface area contributed by atoms with Gasteiger partial charge in [-0.15, -0.1) is 11.6 Å². The van der Waals surface area contributed by atoms with Crippen LogP contribution < -0.4 is 4.74 Å². The lowest BCUT2D eigenvalue weighted by molar-refractivity contribution is -0.0440. The highest BCUT2D eigenvalue weighted by Crippen LogP contribution is 2.36. The largest absolute Gasteiger partial charge is 0.508 e. The molecule has 0 fully saturated rings. The Bertz CT molecular complexity index is 1030. The Morgan fingerprint density at radius 1 is 0.848 bits per heavy atom. The molecule has 0 aliphatic carbocycles. The van der Waals surface area contributed by atoms with Crippen LogP contribution in [0.25, 0.3) is 11.1 Å². The number of alkyl halides is 1. The maximum atomic E-state index is 10.3. The fraction of sp³-hybridized carbons (Fsp3) is 0.310. The average Bonchev–Trinajstić information content (AvgIpc) is 2.78. The molecule has 4 heteroatoms. The first-order valence-electron chi connectivity index (χ1n) is 11.4. The smallest absolute Gasteiger partial charge is 0.197 e. The van der Waals surface area contributed by atoms with E-state index in [1.54, 1.807) is 12.1 Å². The number of hydrogen-bond donors (Lipinski definition) is 2. The molecule has 0 radical (unpaired) electrons. The summed E-state index contributed by atoms with van der Waals surface area (Å²) in [5.74, 6) is 1.44. The summed E-state index contributed by atoms with van der Waals surface area (Å²) in [4.78, 5) is 0. The molecule has 0 unspecified atom stereocenters. The van der Waals surface area contributed by atoms with Crippen LogP contribution in [0.3, 0.4) is 0 Å². The van der Waals surface area contributed by atoms with Crippen LogP contribution in [0.2, 0.25) is 0 Å². The standard InChI is InChI=1S/C29H33ClO3/c1-29(2,3)20-27(32)33-25-17-13-23(14-18-25)28(22-11-15-24(31)16-12-22)26(10-7-19-30)21-8-5-4-6-9-21/h4-6,8-9,11-18,27,31-32H,7,10,19-20H2,1-3H3/t27-/m1/s1. The van der Waals surface area contributed by atoms with E-state index < -0.39 is 6.29 Å². The predicted octanol–water partition coefficient (Wildman–Crippen LogP) is 7.50. The summed E-state index contributed by atoms with van der Waals surface area (Å²) >= 11 is 6.07. The van der Waals surface area contributed by atoms with Crippen LogP contribution in [0.15, 0.2) is 78.9 Å². The molecule has 0 amide bonds. The summed E-state index contributed by atoms with van der Waals surface area (Å²) in [6.45, 7) is 6.22. The van der Waals surface area contributed by atoms with E-state index >= 15 is 0 Å². The lowest BCUT2D eigenvalue weighted by Gasteiger charge is -2.23. The minimum absolute atomic E-state index is 0.0266. The van der Waals surface area contributed by atoms with Crippen molar-refractivity contribution in [3.8, 4) is 11.5 Å². The zero-order valence-corrected chi connectivity index (χ0v) is 20.3. The molecule has 0 saturated heterocycles. The number of allylic oxidation sites excluding steroid dienone is 1. The van der Waals surface area contributed by atoms with Crippen molar-refractivity contribution in [2.45, 2.75) is 46.3 Å². The van der Waals surface area contributed by atoms with Crippen molar-refractivity contribution in [2.24, 2.45) is 5.41 Å². The van der Waals surface area contributed by atoms with E-state index in [2.05, 4.69) is 32.9 Å². The number of aliphatic hydroxyl groups excluding tert-OH is 1. The second-order valence-electron chi connectivity index (χ2n) is 9.42. The summed E-state index contributed by atoms with van der Waals surface area (Å²) in [6.07, 6.45) is 1.37. The van der Waals surface area contributed by atoms with Crippen LogP contribution in [-0.2, 0) is 0 Å². The van der Waals surface area contributed by atoms with Crippen LogP contribution >= 0.6 is 11.6 Å². The number of benzene rings is 3. The number of halogens is 1. The summed E-state index contributed by atoms with van der Waals surface area (Å²) in [5.41, 5.74) is 5.46. The first kappa shape index (κ1) is 24.9. The maximum Gasteiger partial charge on any atom is 0.197 e. The minimum atomic E-state index is -0.855. The molecule has 0 heterocycles. The molecule has 0 aliphatic rings. The van der Waals surface area contributed by atoms with Gasteiger partial charge < -0.3 is 14.9 Å². The molecule has 3 rings (SSSR count). The van der Waals surface area contributed by atoms with Crippen molar-refractivity contribution in [3.63, 3.8) is 0 Å². The molecule has 0 saturated carbocycles. The van der Waals surface area contributed by atoms with Gasteiger partial charge in [-0.1, -0.05) is 75.4 Å². The van der Waals surface area contributed by atoms with Crippen molar-refractivity contribution in [1.82, 2.24) is 0 Å². The summed E-state index contributed by atoms with van der Waals surface area (Å²) < 4.78 is 5.75. The highest BCUT2D eigenvalue weighted by atomic mass is 35.5. The predicted molar refractivity (Wildman–Crippen MR) is 138 cm³/mol. The van der Waals surface area contributed by atoms with E-state index in [1.807, 2.05) is 54.6 Å². The van der Waals surface area contributed by atoms with E-state index in [0.29, 0.717) is 18.1 Å². The highest BCUT2D eigenvalue weighted by Gasteiger charge is 2.19. The Morgan fingerprint density at radius 2 is 1.42 bits per heavy atom. The molecule has 174 valence electrons. The summed E-state index contributed by atoms with van der Waals surface area (Å²) in [7, 11) is 0. The summed E-state index contributed by atoms with van der Waals surface area (Å²) in [5, 5.41) is 20.1. The number of phenols is 1. The first-order chi connectivity index (χ1) is 15.8. The normalized spacial score (nSPS) is 13.4. The Balaban J connectivity index is 2.04. The third kappa shape index (κ3) is 7.38. The van der Waals surface area contributed by atoms with E-state index in [9.17, 15) is 10.2 Å².